The molecule has 28 heavy (non-hydrogen) atoms. The maximum atomic E-state index is 12.3. The minimum atomic E-state index is -0.581. The molecule has 0 saturated carbocycles. The van der Waals surface area contributed by atoms with Gasteiger partial charge in [-0.3, -0.25) is 19.7 Å². The summed E-state index contributed by atoms with van der Waals surface area (Å²) in [7, 11) is 1.29. The van der Waals surface area contributed by atoms with E-state index in [2.05, 4.69) is 5.32 Å². The van der Waals surface area contributed by atoms with Crippen molar-refractivity contribution in [2.45, 2.75) is 20.3 Å². The number of amides is 1. The van der Waals surface area contributed by atoms with Gasteiger partial charge >= 0.3 is 5.97 Å². The molecule has 2 aromatic rings. The zero-order valence-corrected chi connectivity index (χ0v) is 16.7. The number of rotatable bonds is 9. The molecule has 8 nitrogen and oxygen atoms in total. The Hall–Kier alpha value is -2.94. The largest absolute Gasteiger partial charge is 0.494 e. The Bertz CT molecular complexity index is 847. The lowest BCUT2D eigenvalue weighted by Gasteiger charge is -2.15. The second kappa shape index (κ2) is 9.84. The molecule has 1 aromatic heterocycles. The maximum Gasteiger partial charge on any atom is 0.310 e. The number of nitrogens with one attached hydrogen (secondary N) is 1. The minimum Gasteiger partial charge on any atom is -0.494 e. The summed E-state index contributed by atoms with van der Waals surface area (Å²) in [5.74, 6) is -0.740. The van der Waals surface area contributed by atoms with E-state index in [1.807, 2.05) is 31.2 Å². The highest BCUT2D eigenvalue weighted by atomic mass is 32.1. The summed E-state index contributed by atoms with van der Waals surface area (Å²) in [4.78, 5) is 35.5. The average Bonchev–Trinajstić information content (AvgIpc) is 3.08. The summed E-state index contributed by atoms with van der Waals surface area (Å²) < 4.78 is 10.2. The molecule has 0 bridgehead atoms. The third-order valence-electron chi connectivity index (χ3n) is 4.07. The molecule has 0 spiro atoms. The van der Waals surface area contributed by atoms with Gasteiger partial charge in [-0.1, -0.05) is 12.1 Å². The first kappa shape index (κ1) is 21.4. The van der Waals surface area contributed by atoms with Crippen molar-refractivity contribution in [3.63, 3.8) is 0 Å². The van der Waals surface area contributed by atoms with E-state index < -0.39 is 22.7 Å². The average molecular weight is 406 g/mol. The number of hydrogen-bond acceptors (Lipinski definition) is 7. The van der Waals surface area contributed by atoms with Crippen molar-refractivity contribution in [3.8, 4) is 5.75 Å². The number of benzene rings is 1. The molecule has 0 saturated heterocycles. The second-order valence-electron chi connectivity index (χ2n) is 6.02. The predicted molar refractivity (Wildman–Crippen MR) is 105 cm³/mol. The van der Waals surface area contributed by atoms with Crippen LogP contribution in [0.1, 0.15) is 27.0 Å². The standard InChI is InChI=1S/C19H22N2O6S/c1-4-27-15-7-5-13(6-8-15)9-14(19(23)26-3)11-20-18(22)17-10-16(21(24)25)12(2)28-17/h5-8,10,14H,4,9,11H2,1-3H3,(H,20,22)/t14-/m1/s1. The van der Waals surface area contributed by atoms with Crippen molar-refractivity contribution in [2.24, 2.45) is 5.92 Å². The molecule has 0 unspecified atom stereocenters. The van der Waals surface area contributed by atoms with E-state index in [4.69, 9.17) is 9.47 Å². The van der Waals surface area contributed by atoms with Crippen LogP contribution < -0.4 is 10.1 Å². The summed E-state index contributed by atoms with van der Waals surface area (Å²) >= 11 is 1.04. The summed E-state index contributed by atoms with van der Waals surface area (Å²) in [6.07, 6.45) is 0.378. The molecule has 0 fully saturated rings. The third kappa shape index (κ3) is 5.53. The Morgan fingerprint density at radius 3 is 2.50 bits per heavy atom. The Labute approximate surface area is 166 Å². The number of carbonyl (C=O) groups is 2. The van der Waals surface area contributed by atoms with Gasteiger partial charge < -0.3 is 14.8 Å². The van der Waals surface area contributed by atoms with Crippen LogP contribution in [0, 0.1) is 23.0 Å². The number of thiophene rings is 1. The number of aryl methyl sites for hydroxylation is 1. The van der Waals surface area contributed by atoms with Crippen molar-refractivity contribution in [3.05, 3.63) is 55.8 Å². The number of carbonyl (C=O) groups excluding carboxylic acids is 2. The molecule has 1 aromatic carbocycles. The van der Waals surface area contributed by atoms with Crippen LogP contribution in [-0.2, 0) is 16.0 Å². The fourth-order valence-corrected chi connectivity index (χ4v) is 3.55. The molecule has 9 heteroatoms. The van der Waals surface area contributed by atoms with Gasteiger partial charge in [0.25, 0.3) is 11.6 Å². The first-order valence-electron chi connectivity index (χ1n) is 8.68. The summed E-state index contributed by atoms with van der Waals surface area (Å²) in [5, 5.41) is 13.6. The van der Waals surface area contributed by atoms with Crippen molar-refractivity contribution in [1.82, 2.24) is 5.32 Å². The van der Waals surface area contributed by atoms with Crippen LogP contribution in [0.4, 0.5) is 5.69 Å². The monoisotopic (exact) mass is 406 g/mol. The molecule has 0 aliphatic heterocycles. The fraction of sp³-hybridized carbons (Fsp3) is 0.368. The molecule has 1 atom stereocenters. The van der Waals surface area contributed by atoms with E-state index in [0.717, 1.165) is 22.6 Å². The third-order valence-corrected chi connectivity index (χ3v) is 5.11. The zero-order valence-electron chi connectivity index (χ0n) is 15.9. The van der Waals surface area contributed by atoms with Gasteiger partial charge in [0.1, 0.15) is 5.75 Å². The van der Waals surface area contributed by atoms with E-state index in [1.54, 1.807) is 6.92 Å². The lowest BCUT2D eigenvalue weighted by molar-refractivity contribution is -0.385. The van der Waals surface area contributed by atoms with Crippen molar-refractivity contribution in [2.75, 3.05) is 20.3 Å². The van der Waals surface area contributed by atoms with Crippen molar-refractivity contribution < 1.29 is 24.0 Å². The first-order valence-corrected chi connectivity index (χ1v) is 9.50. The number of ether oxygens (including phenoxy) is 2. The van der Waals surface area contributed by atoms with Gasteiger partial charge in [0.2, 0.25) is 0 Å². The van der Waals surface area contributed by atoms with E-state index in [0.29, 0.717) is 17.9 Å². The smallest absolute Gasteiger partial charge is 0.310 e. The van der Waals surface area contributed by atoms with Gasteiger partial charge in [-0.25, -0.2) is 0 Å². The molecule has 1 N–H and O–H groups in total. The van der Waals surface area contributed by atoms with Gasteiger partial charge in [0.15, 0.2) is 0 Å². The minimum absolute atomic E-state index is 0.0590. The van der Waals surface area contributed by atoms with E-state index >= 15 is 0 Å². The number of hydrogen-bond donors (Lipinski definition) is 1. The lowest BCUT2D eigenvalue weighted by atomic mass is 9.99. The normalized spacial score (nSPS) is 11.5. The summed E-state index contributed by atoms with van der Waals surface area (Å²) in [6.45, 7) is 4.11. The number of nitro groups is 1. The highest BCUT2D eigenvalue weighted by Crippen LogP contribution is 2.28. The molecule has 2 rings (SSSR count). The topological polar surface area (TPSA) is 108 Å². The van der Waals surface area contributed by atoms with Gasteiger partial charge in [-0.15, -0.1) is 11.3 Å². The van der Waals surface area contributed by atoms with Crippen LogP contribution in [0.2, 0.25) is 0 Å². The Morgan fingerprint density at radius 1 is 1.29 bits per heavy atom. The van der Waals surface area contributed by atoms with Gasteiger partial charge in [-0.2, -0.15) is 0 Å². The summed E-state index contributed by atoms with van der Waals surface area (Å²) in [5.41, 5.74) is 0.810. The zero-order chi connectivity index (χ0) is 20.7. The molecular formula is C19H22N2O6S. The fourth-order valence-electron chi connectivity index (χ4n) is 2.65. The van der Waals surface area contributed by atoms with E-state index in [9.17, 15) is 19.7 Å². The van der Waals surface area contributed by atoms with E-state index in [-0.39, 0.29) is 17.1 Å². The number of esters is 1. The van der Waals surface area contributed by atoms with Crippen LogP contribution in [-0.4, -0.2) is 37.1 Å². The van der Waals surface area contributed by atoms with Crippen LogP contribution in [0.15, 0.2) is 30.3 Å². The lowest BCUT2D eigenvalue weighted by Crippen LogP contribution is -2.34. The Balaban J connectivity index is 2.03. The highest BCUT2D eigenvalue weighted by molar-refractivity contribution is 7.14. The molecule has 0 aliphatic rings. The van der Waals surface area contributed by atoms with Crippen molar-refractivity contribution >= 4 is 28.9 Å². The molecular weight excluding hydrogens is 384 g/mol. The first-order chi connectivity index (χ1) is 13.3. The molecule has 0 radical (unpaired) electrons. The predicted octanol–water partition coefficient (Wildman–Crippen LogP) is 3.13. The van der Waals surface area contributed by atoms with Crippen LogP contribution >= 0.6 is 11.3 Å². The van der Waals surface area contributed by atoms with Crippen LogP contribution in [0.3, 0.4) is 0 Å². The number of methoxy groups -OCH3 is 1. The highest BCUT2D eigenvalue weighted by Gasteiger charge is 2.23. The number of nitrogens with zero attached hydrogens (tertiary/aromatic N) is 1. The molecule has 0 aliphatic carbocycles. The van der Waals surface area contributed by atoms with Gasteiger partial charge in [0.05, 0.1) is 34.3 Å². The molecule has 1 heterocycles. The molecule has 1 amide bonds. The Morgan fingerprint density at radius 2 is 1.96 bits per heavy atom. The van der Waals surface area contributed by atoms with Crippen LogP contribution in [0.5, 0.6) is 5.75 Å². The second-order valence-corrected chi connectivity index (χ2v) is 7.28. The van der Waals surface area contributed by atoms with E-state index in [1.165, 1.54) is 13.2 Å². The SMILES string of the molecule is CCOc1ccc(C[C@H](CNC(=O)c2cc([N+](=O)[O-])c(C)s2)C(=O)OC)cc1. The Kier molecular flexibility index (Phi) is 7.51. The van der Waals surface area contributed by atoms with Crippen LogP contribution in [0.25, 0.3) is 0 Å². The van der Waals surface area contributed by atoms with Gasteiger partial charge in [-0.05, 0) is 38.0 Å². The quantitative estimate of drug-likeness (QED) is 0.389. The van der Waals surface area contributed by atoms with Crippen molar-refractivity contribution in [1.29, 1.82) is 0 Å². The maximum absolute atomic E-state index is 12.3. The summed E-state index contributed by atoms with van der Waals surface area (Å²) in [6, 6.07) is 8.59. The van der Waals surface area contributed by atoms with Gasteiger partial charge in [0, 0.05) is 12.6 Å². The molecule has 150 valence electrons.